The minimum absolute atomic E-state index is 0.0910. The van der Waals surface area contributed by atoms with Gasteiger partial charge in [0.1, 0.15) is 17.4 Å². The van der Waals surface area contributed by atoms with E-state index in [-0.39, 0.29) is 18.1 Å². The zero-order valence-electron chi connectivity index (χ0n) is 15.5. The van der Waals surface area contributed by atoms with Gasteiger partial charge < -0.3 is 15.4 Å². The van der Waals surface area contributed by atoms with Gasteiger partial charge in [0.2, 0.25) is 0 Å². The van der Waals surface area contributed by atoms with Crippen LogP contribution in [0.1, 0.15) is 21.6 Å². The molecule has 1 amide bonds. The number of amides is 1. The summed E-state index contributed by atoms with van der Waals surface area (Å²) in [7, 11) is 1.64. The maximum Gasteiger partial charge on any atom is 0.272 e. The van der Waals surface area contributed by atoms with Crippen molar-refractivity contribution in [2.75, 3.05) is 19.0 Å². The molecule has 0 radical (unpaired) electrons. The molecule has 0 unspecified atom stereocenters. The van der Waals surface area contributed by atoms with Crippen LogP contribution < -0.4 is 15.4 Å². The minimum atomic E-state index is -0.404. The molecule has 2 N–H and O–H groups in total. The molecule has 0 aliphatic carbocycles. The molecule has 0 atom stereocenters. The van der Waals surface area contributed by atoms with Crippen LogP contribution in [-0.4, -0.2) is 29.8 Å². The van der Waals surface area contributed by atoms with Gasteiger partial charge in [-0.05, 0) is 42.3 Å². The Kier molecular flexibility index (Phi) is 6.51. The van der Waals surface area contributed by atoms with Crippen LogP contribution in [0, 0.1) is 5.82 Å². The van der Waals surface area contributed by atoms with Gasteiger partial charge in [-0.25, -0.2) is 4.39 Å². The second kappa shape index (κ2) is 9.45. The Bertz CT molecular complexity index is 932. The smallest absolute Gasteiger partial charge is 0.272 e. The number of methoxy groups -OCH3 is 1. The first-order valence-corrected chi connectivity index (χ1v) is 8.88. The summed E-state index contributed by atoms with van der Waals surface area (Å²) in [4.78, 5) is 12.1. The second-order valence-electron chi connectivity index (χ2n) is 6.11. The largest absolute Gasteiger partial charge is 0.497 e. The summed E-state index contributed by atoms with van der Waals surface area (Å²) in [6, 6.07) is 17.4. The molecule has 28 heavy (non-hydrogen) atoms. The summed E-state index contributed by atoms with van der Waals surface area (Å²) in [6.45, 7) is 0.758. The summed E-state index contributed by atoms with van der Waals surface area (Å²) in [6.07, 6.45) is 0.795. The molecule has 0 fully saturated rings. The first kappa shape index (κ1) is 19.3. The third-order valence-corrected chi connectivity index (χ3v) is 4.15. The molecule has 144 valence electrons. The van der Waals surface area contributed by atoms with Gasteiger partial charge in [-0.15, -0.1) is 10.2 Å². The molecular formula is C21H21FN4O2. The van der Waals surface area contributed by atoms with E-state index in [1.807, 2.05) is 24.3 Å². The number of carbonyl (C=O) groups is 1. The van der Waals surface area contributed by atoms with E-state index in [1.54, 1.807) is 37.4 Å². The number of nitrogens with zero attached hydrogens (tertiary/aromatic N) is 2. The van der Waals surface area contributed by atoms with Gasteiger partial charge in [0.05, 0.1) is 7.11 Å². The van der Waals surface area contributed by atoms with Gasteiger partial charge in [0.25, 0.3) is 5.91 Å². The number of nitrogens with one attached hydrogen (secondary N) is 2. The van der Waals surface area contributed by atoms with Crippen LogP contribution in [-0.2, 0) is 13.0 Å². The number of hydrogen-bond acceptors (Lipinski definition) is 5. The summed E-state index contributed by atoms with van der Waals surface area (Å²) in [5.41, 5.74) is 1.73. The normalized spacial score (nSPS) is 10.4. The highest BCUT2D eigenvalue weighted by atomic mass is 19.1. The fourth-order valence-corrected chi connectivity index (χ4v) is 2.62. The molecule has 7 heteroatoms. The lowest BCUT2D eigenvalue weighted by molar-refractivity contribution is 0.0944. The van der Waals surface area contributed by atoms with E-state index in [0.717, 1.165) is 17.7 Å². The summed E-state index contributed by atoms with van der Waals surface area (Å²) in [5, 5.41) is 13.7. The van der Waals surface area contributed by atoms with Crippen LogP contribution >= 0.6 is 0 Å². The zero-order valence-corrected chi connectivity index (χ0v) is 15.5. The highest BCUT2D eigenvalue weighted by molar-refractivity contribution is 5.92. The van der Waals surface area contributed by atoms with Crippen molar-refractivity contribution >= 4 is 11.7 Å². The summed E-state index contributed by atoms with van der Waals surface area (Å²) >= 11 is 0. The Hall–Kier alpha value is -3.48. The number of carbonyl (C=O) groups excluding carboxylic acids is 1. The van der Waals surface area contributed by atoms with Crippen LogP contribution in [0.15, 0.2) is 60.7 Å². The van der Waals surface area contributed by atoms with Crippen molar-refractivity contribution in [3.8, 4) is 5.75 Å². The summed E-state index contributed by atoms with van der Waals surface area (Å²) in [5.74, 6) is 0.639. The average molecular weight is 380 g/mol. The van der Waals surface area contributed by atoms with Gasteiger partial charge >= 0.3 is 0 Å². The third-order valence-electron chi connectivity index (χ3n) is 4.15. The highest BCUT2D eigenvalue weighted by Crippen LogP contribution is 2.13. The molecule has 0 aliphatic rings. The number of aromatic nitrogens is 2. The Balaban J connectivity index is 1.48. The van der Waals surface area contributed by atoms with E-state index in [4.69, 9.17) is 4.74 Å². The van der Waals surface area contributed by atoms with Crippen LogP contribution in [0.25, 0.3) is 0 Å². The van der Waals surface area contributed by atoms with Crippen molar-refractivity contribution in [3.63, 3.8) is 0 Å². The van der Waals surface area contributed by atoms with E-state index < -0.39 is 5.91 Å². The molecule has 0 saturated heterocycles. The van der Waals surface area contributed by atoms with Crippen molar-refractivity contribution in [3.05, 3.63) is 83.3 Å². The molecule has 0 saturated carbocycles. The van der Waals surface area contributed by atoms with Crippen LogP contribution in [0.4, 0.5) is 10.2 Å². The van der Waals surface area contributed by atoms with Crippen molar-refractivity contribution in [2.45, 2.75) is 13.0 Å². The van der Waals surface area contributed by atoms with Crippen molar-refractivity contribution < 1.29 is 13.9 Å². The fraction of sp³-hybridized carbons (Fsp3) is 0.190. The summed E-state index contributed by atoms with van der Waals surface area (Å²) < 4.78 is 18.8. The van der Waals surface area contributed by atoms with Gasteiger partial charge in [0, 0.05) is 18.7 Å². The molecule has 2 aromatic carbocycles. The first-order chi connectivity index (χ1) is 13.7. The molecule has 6 nitrogen and oxygen atoms in total. The quantitative estimate of drug-likeness (QED) is 0.628. The average Bonchev–Trinajstić information content (AvgIpc) is 2.73. The number of anilines is 1. The lowest BCUT2D eigenvalue weighted by Crippen LogP contribution is -2.24. The molecule has 3 rings (SSSR count). The lowest BCUT2D eigenvalue weighted by Gasteiger charge is -2.08. The number of ether oxygens (including phenoxy) is 1. The number of halogens is 1. The molecule has 3 aromatic rings. The van der Waals surface area contributed by atoms with Crippen LogP contribution in [0.3, 0.4) is 0 Å². The maximum atomic E-state index is 13.6. The van der Waals surface area contributed by atoms with Gasteiger partial charge in [-0.2, -0.15) is 0 Å². The molecular weight excluding hydrogens is 359 g/mol. The van der Waals surface area contributed by atoms with E-state index in [1.165, 1.54) is 6.07 Å². The highest BCUT2D eigenvalue weighted by Gasteiger charge is 2.09. The van der Waals surface area contributed by atoms with Crippen molar-refractivity contribution in [1.29, 1.82) is 0 Å². The van der Waals surface area contributed by atoms with Crippen LogP contribution in [0.5, 0.6) is 5.75 Å². The van der Waals surface area contributed by atoms with Gasteiger partial charge in [0.15, 0.2) is 5.69 Å². The molecule has 0 spiro atoms. The Labute approximate surface area is 162 Å². The fourth-order valence-electron chi connectivity index (χ4n) is 2.62. The van der Waals surface area contributed by atoms with E-state index in [9.17, 15) is 9.18 Å². The predicted octanol–water partition coefficient (Wildman–Crippen LogP) is 3.21. The Morgan fingerprint density at radius 1 is 1.07 bits per heavy atom. The van der Waals surface area contributed by atoms with E-state index in [2.05, 4.69) is 20.8 Å². The minimum Gasteiger partial charge on any atom is -0.497 e. The third kappa shape index (κ3) is 5.26. The van der Waals surface area contributed by atoms with Crippen molar-refractivity contribution in [1.82, 2.24) is 15.5 Å². The van der Waals surface area contributed by atoms with E-state index >= 15 is 0 Å². The van der Waals surface area contributed by atoms with Crippen LogP contribution in [0.2, 0.25) is 0 Å². The SMILES string of the molecule is COc1cccc(CCNc2ccc(C(=O)NCc3ccccc3F)nn2)c1. The molecule has 1 heterocycles. The maximum absolute atomic E-state index is 13.6. The zero-order chi connectivity index (χ0) is 19.8. The van der Waals surface area contributed by atoms with Gasteiger partial charge in [-0.1, -0.05) is 30.3 Å². The number of benzene rings is 2. The predicted molar refractivity (Wildman–Crippen MR) is 105 cm³/mol. The molecule has 0 aliphatic heterocycles. The topological polar surface area (TPSA) is 76.1 Å². The monoisotopic (exact) mass is 380 g/mol. The van der Waals surface area contributed by atoms with E-state index in [0.29, 0.717) is 17.9 Å². The Morgan fingerprint density at radius 3 is 2.68 bits per heavy atom. The lowest BCUT2D eigenvalue weighted by atomic mass is 10.1. The van der Waals surface area contributed by atoms with Crippen molar-refractivity contribution in [2.24, 2.45) is 0 Å². The Morgan fingerprint density at radius 2 is 1.93 bits per heavy atom. The number of rotatable bonds is 8. The first-order valence-electron chi connectivity index (χ1n) is 8.88. The number of hydrogen-bond donors (Lipinski definition) is 2. The molecule has 0 bridgehead atoms. The second-order valence-corrected chi connectivity index (χ2v) is 6.11. The molecule has 1 aromatic heterocycles. The van der Waals surface area contributed by atoms with Gasteiger partial charge in [-0.3, -0.25) is 4.79 Å². The standard InChI is InChI=1S/C21H21FN4O2/c1-28-17-7-4-5-15(13-17)11-12-23-20-10-9-19(25-26-20)21(27)24-14-16-6-2-3-8-18(16)22/h2-10,13H,11-12,14H2,1H3,(H,23,26)(H,24,27).